The highest BCUT2D eigenvalue weighted by Crippen LogP contribution is 2.20. The third kappa shape index (κ3) is 7.19. The molecule has 0 aromatic rings. The predicted octanol–water partition coefficient (Wildman–Crippen LogP) is -0.101. The third-order valence-electron chi connectivity index (χ3n) is 3.52. The number of nitrogens with one attached hydrogen (secondary N) is 1. The smallest absolute Gasteiger partial charge is 0.263 e. The van der Waals surface area contributed by atoms with E-state index in [-0.39, 0.29) is 12.0 Å². The van der Waals surface area contributed by atoms with Crippen molar-refractivity contribution in [3.63, 3.8) is 0 Å². The molecule has 2 unspecified atom stereocenters. The fourth-order valence-corrected chi connectivity index (χ4v) is 2.38. The van der Waals surface area contributed by atoms with Crippen molar-refractivity contribution >= 4 is 5.91 Å². The summed E-state index contributed by atoms with van der Waals surface area (Å²) in [6.07, 6.45) is 1.24. The average Bonchev–Trinajstić information content (AvgIpc) is 2.95. The molecule has 1 aliphatic heterocycles. The van der Waals surface area contributed by atoms with E-state index in [0.717, 1.165) is 45.7 Å². The minimum atomic E-state index is -0.416. The Bertz CT molecular complexity index is 281. The van der Waals surface area contributed by atoms with Crippen LogP contribution >= 0.6 is 0 Å². The lowest BCUT2D eigenvalue weighted by molar-refractivity contribution is -0.132. The summed E-state index contributed by atoms with van der Waals surface area (Å²) in [5.74, 6) is 4.89. The number of hydrazine groups is 1. The Labute approximate surface area is 127 Å². The van der Waals surface area contributed by atoms with E-state index < -0.39 is 6.10 Å². The van der Waals surface area contributed by atoms with Gasteiger partial charge in [0, 0.05) is 32.8 Å². The predicted molar refractivity (Wildman–Crippen MR) is 79.7 cm³/mol. The van der Waals surface area contributed by atoms with Gasteiger partial charge in [-0.05, 0) is 26.7 Å². The third-order valence-corrected chi connectivity index (χ3v) is 3.52. The fraction of sp³-hybridized carbons (Fsp3) is 0.929. The summed E-state index contributed by atoms with van der Waals surface area (Å²) in [5.41, 5.74) is 2.15. The largest absolute Gasteiger partial charge is 0.380 e. The van der Waals surface area contributed by atoms with Crippen molar-refractivity contribution in [3.8, 4) is 0 Å². The van der Waals surface area contributed by atoms with Crippen LogP contribution in [0.4, 0.5) is 0 Å². The Hall–Kier alpha value is -0.730. The van der Waals surface area contributed by atoms with Gasteiger partial charge in [-0.2, -0.15) is 0 Å². The zero-order chi connectivity index (χ0) is 15.5. The lowest BCUT2D eigenvalue weighted by atomic mass is 10.2. The van der Waals surface area contributed by atoms with Crippen LogP contribution < -0.4 is 11.3 Å². The first kappa shape index (κ1) is 18.3. The zero-order valence-corrected chi connectivity index (χ0v) is 13.2. The molecule has 124 valence electrons. The molecule has 1 heterocycles. The van der Waals surface area contributed by atoms with E-state index in [1.54, 1.807) is 0 Å². The van der Waals surface area contributed by atoms with E-state index in [2.05, 4.69) is 10.3 Å². The summed E-state index contributed by atoms with van der Waals surface area (Å²) in [7, 11) is 0. The normalized spacial score (nSPS) is 21.9. The van der Waals surface area contributed by atoms with E-state index in [1.165, 1.54) is 0 Å². The van der Waals surface area contributed by atoms with Gasteiger partial charge < -0.3 is 14.2 Å². The fourth-order valence-electron chi connectivity index (χ4n) is 2.38. The first-order valence-corrected chi connectivity index (χ1v) is 7.75. The van der Waals surface area contributed by atoms with Gasteiger partial charge in [-0.25, -0.2) is 5.84 Å². The van der Waals surface area contributed by atoms with Crippen molar-refractivity contribution in [1.82, 2.24) is 10.3 Å². The Morgan fingerprint density at radius 2 is 1.86 bits per heavy atom. The number of carbonyl (C=O) groups is 1. The van der Waals surface area contributed by atoms with E-state index in [4.69, 9.17) is 20.1 Å². The molecule has 21 heavy (non-hydrogen) atoms. The van der Waals surface area contributed by atoms with Crippen molar-refractivity contribution in [2.75, 3.05) is 46.1 Å². The average molecular weight is 303 g/mol. The highest BCUT2D eigenvalue weighted by atomic mass is 16.5. The monoisotopic (exact) mass is 303 g/mol. The molecule has 0 saturated carbocycles. The topological polar surface area (TPSA) is 86.1 Å². The van der Waals surface area contributed by atoms with Crippen molar-refractivity contribution in [1.29, 1.82) is 0 Å². The lowest BCUT2D eigenvalue weighted by Crippen LogP contribution is -2.41. The summed E-state index contributed by atoms with van der Waals surface area (Å²) >= 11 is 0. The molecule has 3 N–H and O–H groups in total. The molecule has 0 radical (unpaired) electrons. The second-order valence-electron chi connectivity index (χ2n) is 5.03. The Morgan fingerprint density at radius 1 is 1.24 bits per heavy atom. The number of nitrogens with two attached hydrogens (primary N) is 1. The molecule has 0 bridgehead atoms. The molecule has 0 aromatic heterocycles. The Balaban J connectivity index is 2.34. The van der Waals surface area contributed by atoms with E-state index in [0.29, 0.717) is 13.2 Å². The molecular weight excluding hydrogens is 274 g/mol. The van der Waals surface area contributed by atoms with Crippen LogP contribution in [0.3, 0.4) is 0 Å². The summed E-state index contributed by atoms with van der Waals surface area (Å²) in [4.78, 5) is 13.7. The maximum absolute atomic E-state index is 11.5. The minimum absolute atomic E-state index is 0.0653. The molecule has 7 heteroatoms. The Kier molecular flexibility index (Phi) is 9.53. The van der Waals surface area contributed by atoms with Gasteiger partial charge in [0.2, 0.25) is 0 Å². The van der Waals surface area contributed by atoms with E-state index >= 15 is 0 Å². The number of rotatable bonds is 11. The quantitative estimate of drug-likeness (QED) is 0.240. The van der Waals surface area contributed by atoms with Gasteiger partial charge in [0.25, 0.3) is 5.91 Å². The van der Waals surface area contributed by atoms with Crippen molar-refractivity contribution in [2.45, 2.75) is 38.9 Å². The zero-order valence-electron chi connectivity index (χ0n) is 13.2. The van der Waals surface area contributed by atoms with Crippen LogP contribution in [-0.2, 0) is 19.0 Å². The van der Waals surface area contributed by atoms with Crippen LogP contribution in [0.1, 0.15) is 26.7 Å². The van der Waals surface area contributed by atoms with Crippen LogP contribution in [-0.4, -0.2) is 69.1 Å². The van der Waals surface area contributed by atoms with Crippen LogP contribution in [0, 0.1) is 0 Å². The van der Waals surface area contributed by atoms with E-state index in [1.807, 2.05) is 13.8 Å². The summed E-state index contributed by atoms with van der Waals surface area (Å²) in [5, 5.41) is 0. The lowest BCUT2D eigenvalue weighted by Gasteiger charge is -2.25. The van der Waals surface area contributed by atoms with Gasteiger partial charge in [-0.15, -0.1) is 0 Å². The number of hydrogen-bond donors (Lipinski definition) is 2. The summed E-state index contributed by atoms with van der Waals surface area (Å²) in [6.45, 7) is 9.28. The van der Waals surface area contributed by atoms with Gasteiger partial charge in [-0.1, -0.05) is 0 Å². The molecule has 0 spiro atoms. The maximum atomic E-state index is 11.5. The number of carbonyl (C=O) groups excluding carboxylic acids is 1. The molecule has 1 fully saturated rings. The van der Waals surface area contributed by atoms with Crippen LogP contribution in [0.15, 0.2) is 0 Å². The first-order valence-electron chi connectivity index (χ1n) is 7.75. The molecule has 7 nitrogen and oxygen atoms in total. The van der Waals surface area contributed by atoms with Gasteiger partial charge in [0.05, 0.1) is 19.3 Å². The Morgan fingerprint density at radius 3 is 2.38 bits per heavy atom. The van der Waals surface area contributed by atoms with Crippen molar-refractivity contribution in [2.24, 2.45) is 5.84 Å². The molecule has 1 amide bonds. The van der Waals surface area contributed by atoms with Gasteiger partial charge in [0.15, 0.2) is 0 Å². The standard InChI is InChI=1S/C14H29N3O4/c1-3-19-9-7-17(8-10-20-4-2)11-12-5-6-13(21-12)14(18)16-15/h12-13H,3-11,15H2,1-2H3,(H,16,18). The SMILES string of the molecule is CCOCCN(CCOCC)CC1CCC(C(=O)NN)O1. The number of ether oxygens (including phenoxy) is 3. The van der Waals surface area contributed by atoms with Gasteiger partial charge in [-0.3, -0.25) is 15.1 Å². The first-order chi connectivity index (χ1) is 10.2. The highest BCUT2D eigenvalue weighted by Gasteiger charge is 2.31. The molecule has 1 rings (SSSR count). The molecule has 2 atom stereocenters. The van der Waals surface area contributed by atoms with Crippen LogP contribution in [0.25, 0.3) is 0 Å². The second kappa shape index (κ2) is 10.9. The molecular formula is C14H29N3O4. The van der Waals surface area contributed by atoms with Crippen LogP contribution in [0.5, 0.6) is 0 Å². The van der Waals surface area contributed by atoms with Gasteiger partial charge in [0.1, 0.15) is 6.10 Å². The maximum Gasteiger partial charge on any atom is 0.263 e. The number of amides is 1. The van der Waals surface area contributed by atoms with Crippen molar-refractivity contribution < 1.29 is 19.0 Å². The summed E-state index contributed by atoms with van der Waals surface area (Å²) in [6, 6.07) is 0. The molecule has 0 aliphatic carbocycles. The number of hydrogen-bond acceptors (Lipinski definition) is 6. The van der Waals surface area contributed by atoms with Crippen molar-refractivity contribution in [3.05, 3.63) is 0 Å². The minimum Gasteiger partial charge on any atom is -0.380 e. The molecule has 1 saturated heterocycles. The second-order valence-corrected chi connectivity index (χ2v) is 5.03. The summed E-state index contributed by atoms with van der Waals surface area (Å²) < 4.78 is 16.6. The highest BCUT2D eigenvalue weighted by molar-refractivity contribution is 5.80. The van der Waals surface area contributed by atoms with E-state index in [9.17, 15) is 4.79 Å². The molecule has 1 aliphatic rings. The molecule has 0 aromatic carbocycles. The number of nitrogens with zero attached hydrogens (tertiary/aromatic N) is 1. The van der Waals surface area contributed by atoms with Gasteiger partial charge >= 0.3 is 0 Å². The van der Waals surface area contributed by atoms with Crippen LogP contribution in [0.2, 0.25) is 0 Å².